The number of piperazine rings is 1. The van der Waals surface area contributed by atoms with E-state index >= 15 is 0 Å². The maximum Gasteiger partial charge on any atom is 0.222 e. The van der Waals surface area contributed by atoms with Gasteiger partial charge in [0.05, 0.1) is 6.10 Å². The van der Waals surface area contributed by atoms with Gasteiger partial charge in [-0.25, -0.2) is 0 Å². The Labute approximate surface area is 115 Å². The van der Waals surface area contributed by atoms with Crippen LogP contribution in [0.4, 0.5) is 0 Å². The van der Waals surface area contributed by atoms with Crippen molar-refractivity contribution in [1.29, 1.82) is 0 Å². The van der Waals surface area contributed by atoms with Crippen LogP contribution in [0, 0.1) is 0 Å². The van der Waals surface area contributed by atoms with Crippen molar-refractivity contribution in [3.8, 4) is 0 Å². The summed E-state index contributed by atoms with van der Waals surface area (Å²) in [6, 6.07) is 0.605. The zero-order valence-corrected chi connectivity index (χ0v) is 11.6. The first-order valence-corrected chi connectivity index (χ1v) is 7.67. The van der Waals surface area contributed by atoms with Gasteiger partial charge in [-0.1, -0.05) is 0 Å². The fourth-order valence-corrected chi connectivity index (χ4v) is 3.25. The highest BCUT2D eigenvalue weighted by Gasteiger charge is 2.35. The number of carbonyl (C=O) groups is 1. The molecule has 5 nitrogen and oxygen atoms in total. The van der Waals surface area contributed by atoms with Gasteiger partial charge in [0.2, 0.25) is 5.91 Å². The lowest BCUT2D eigenvalue weighted by Gasteiger charge is -2.46. The topological polar surface area (TPSA) is 44.8 Å². The molecule has 19 heavy (non-hydrogen) atoms. The van der Waals surface area contributed by atoms with Gasteiger partial charge in [-0.05, 0) is 19.3 Å². The molecular weight excluding hydrogens is 242 g/mol. The second-order valence-electron chi connectivity index (χ2n) is 5.91. The predicted octanol–water partition coefficient (Wildman–Crippen LogP) is 0.0616. The van der Waals surface area contributed by atoms with Gasteiger partial charge in [0.1, 0.15) is 0 Å². The third kappa shape index (κ3) is 3.27. The van der Waals surface area contributed by atoms with Crippen LogP contribution in [-0.2, 0) is 9.53 Å². The van der Waals surface area contributed by atoms with Gasteiger partial charge in [-0.2, -0.15) is 0 Å². The first-order chi connectivity index (χ1) is 9.33. The van der Waals surface area contributed by atoms with Crippen molar-refractivity contribution < 1.29 is 9.53 Å². The molecule has 0 bridgehead atoms. The lowest BCUT2D eigenvalue weighted by molar-refractivity contribution is -0.139. The van der Waals surface area contributed by atoms with E-state index in [0.29, 0.717) is 24.5 Å². The van der Waals surface area contributed by atoms with E-state index in [1.54, 1.807) is 0 Å². The standard InChI is InChI=1S/C14H25N3O2/c18-14(4-3-13-2-1-9-19-13)17-10-12(11-17)16-7-5-15-6-8-16/h12-13,15H,1-11H2. The quantitative estimate of drug-likeness (QED) is 0.782. The molecule has 0 radical (unpaired) electrons. The first kappa shape index (κ1) is 13.3. The molecule has 0 aromatic rings. The molecule has 5 heteroatoms. The van der Waals surface area contributed by atoms with Gasteiger partial charge in [-0.15, -0.1) is 0 Å². The first-order valence-electron chi connectivity index (χ1n) is 7.67. The van der Waals surface area contributed by atoms with Gasteiger partial charge >= 0.3 is 0 Å². The summed E-state index contributed by atoms with van der Waals surface area (Å²) in [5.74, 6) is 0.321. The van der Waals surface area contributed by atoms with Gasteiger partial charge in [0.15, 0.2) is 0 Å². The molecular formula is C14H25N3O2. The highest BCUT2D eigenvalue weighted by atomic mass is 16.5. The average Bonchev–Trinajstić information content (AvgIpc) is 2.89. The predicted molar refractivity (Wildman–Crippen MR) is 73.0 cm³/mol. The SMILES string of the molecule is O=C(CCC1CCCO1)N1CC(N2CCNCC2)C1. The van der Waals surface area contributed by atoms with Crippen molar-refractivity contribution in [3.63, 3.8) is 0 Å². The van der Waals surface area contributed by atoms with Crippen LogP contribution < -0.4 is 5.32 Å². The summed E-state index contributed by atoms with van der Waals surface area (Å²) in [5.41, 5.74) is 0. The van der Waals surface area contributed by atoms with E-state index in [2.05, 4.69) is 10.2 Å². The Balaban J connectivity index is 1.34. The van der Waals surface area contributed by atoms with Gasteiger partial charge in [0.25, 0.3) is 0 Å². The highest BCUT2D eigenvalue weighted by molar-refractivity contribution is 5.77. The van der Waals surface area contributed by atoms with E-state index in [0.717, 1.165) is 65.1 Å². The van der Waals surface area contributed by atoms with Crippen LogP contribution in [0.5, 0.6) is 0 Å². The Morgan fingerprint density at radius 2 is 2.05 bits per heavy atom. The largest absolute Gasteiger partial charge is 0.378 e. The number of nitrogens with zero attached hydrogens (tertiary/aromatic N) is 2. The van der Waals surface area contributed by atoms with Crippen LogP contribution in [0.3, 0.4) is 0 Å². The Morgan fingerprint density at radius 1 is 1.26 bits per heavy atom. The van der Waals surface area contributed by atoms with Gasteiger partial charge in [0, 0.05) is 58.3 Å². The number of carbonyl (C=O) groups excluding carboxylic acids is 1. The van der Waals surface area contributed by atoms with Crippen molar-refractivity contribution in [2.75, 3.05) is 45.9 Å². The minimum Gasteiger partial charge on any atom is -0.378 e. The van der Waals surface area contributed by atoms with E-state index in [1.807, 2.05) is 4.90 Å². The fraction of sp³-hybridized carbons (Fsp3) is 0.929. The average molecular weight is 267 g/mol. The monoisotopic (exact) mass is 267 g/mol. The molecule has 3 heterocycles. The molecule has 0 spiro atoms. The summed E-state index contributed by atoms with van der Waals surface area (Å²) < 4.78 is 5.57. The molecule has 0 aromatic heterocycles. The molecule has 0 aromatic carbocycles. The summed E-state index contributed by atoms with van der Waals surface area (Å²) in [4.78, 5) is 16.6. The normalized spacial score (nSPS) is 29.5. The smallest absolute Gasteiger partial charge is 0.222 e. The molecule has 1 atom stereocenters. The van der Waals surface area contributed by atoms with Crippen molar-refractivity contribution in [2.24, 2.45) is 0 Å². The third-order valence-electron chi connectivity index (χ3n) is 4.59. The molecule has 3 aliphatic rings. The summed E-state index contributed by atoms with van der Waals surface area (Å²) in [5, 5.41) is 3.37. The maximum absolute atomic E-state index is 12.0. The lowest BCUT2D eigenvalue weighted by atomic mass is 10.0. The molecule has 3 aliphatic heterocycles. The summed E-state index contributed by atoms with van der Waals surface area (Å²) in [6.07, 6.45) is 4.21. The van der Waals surface area contributed by atoms with E-state index in [1.165, 1.54) is 0 Å². The summed E-state index contributed by atoms with van der Waals surface area (Å²) in [7, 11) is 0. The number of ether oxygens (including phenoxy) is 1. The van der Waals surface area contributed by atoms with Crippen LogP contribution >= 0.6 is 0 Å². The van der Waals surface area contributed by atoms with Crippen LogP contribution in [-0.4, -0.2) is 73.7 Å². The number of rotatable bonds is 4. The third-order valence-corrected chi connectivity index (χ3v) is 4.59. The lowest BCUT2D eigenvalue weighted by Crippen LogP contribution is -2.63. The van der Waals surface area contributed by atoms with Crippen molar-refractivity contribution in [2.45, 2.75) is 37.8 Å². The van der Waals surface area contributed by atoms with Crippen LogP contribution in [0.25, 0.3) is 0 Å². The van der Waals surface area contributed by atoms with Gasteiger partial charge < -0.3 is 15.0 Å². The zero-order valence-electron chi connectivity index (χ0n) is 11.6. The van der Waals surface area contributed by atoms with Crippen LogP contribution in [0.2, 0.25) is 0 Å². The number of likely N-dealkylation sites (tertiary alicyclic amines) is 1. The van der Waals surface area contributed by atoms with E-state index < -0.39 is 0 Å². The summed E-state index contributed by atoms with van der Waals surface area (Å²) >= 11 is 0. The van der Waals surface area contributed by atoms with Crippen molar-refractivity contribution in [1.82, 2.24) is 15.1 Å². The van der Waals surface area contributed by atoms with E-state index in [9.17, 15) is 4.79 Å². The Hall–Kier alpha value is -0.650. The molecule has 3 rings (SSSR count). The maximum atomic E-state index is 12.0. The minimum absolute atomic E-state index is 0.321. The molecule has 1 amide bonds. The molecule has 1 N–H and O–H groups in total. The van der Waals surface area contributed by atoms with E-state index in [4.69, 9.17) is 4.74 Å². The molecule has 3 fully saturated rings. The number of hydrogen-bond acceptors (Lipinski definition) is 4. The second kappa shape index (κ2) is 6.20. The Bertz CT molecular complexity index is 306. The van der Waals surface area contributed by atoms with Crippen molar-refractivity contribution >= 4 is 5.91 Å². The zero-order chi connectivity index (χ0) is 13.1. The highest BCUT2D eigenvalue weighted by Crippen LogP contribution is 2.20. The van der Waals surface area contributed by atoms with Crippen LogP contribution in [0.1, 0.15) is 25.7 Å². The van der Waals surface area contributed by atoms with Crippen LogP contribution in [0.15, 0.2) is 0 Å². The molecule has 108 valence electrons. The minimum atomic E-state index is 0.321. The number of nitrogens with one attached hydrogen (secondary N) is 1. The second-order valence-corrected chi connectivity index (χ2v) is 5.91. The molecule has 0 saturated carbocycles. The van der Waals surface area contributed by atoms with Crippen molar-refractivity contribution in [3.05, 3.63) is 0 Å². The molecule has 0 aliphatic carbocycles. The number of amides is 1. The fourth-order valence-electron chi connectivity index (χ4n) is 3.25. The molecule has 3 saturated heterocycles. The Kier molecular flexibility index (Phi) is 4.35. The summed E-state index contributed by atoms with van der Waals surface area (Å²) in [6.45, 7) is 7.18. The molecule has 1 unspecified atom stereocenters. The van der Waals surface area contributed by atoms with Gasteiger partial charge in [-0.3, -0.25) is 9.69 Å². The number of hydrogen-bond donors (Lipinski definition) is 1. The Morgan fingerprint density at radius 3 is 2.74 bits per heavy atom. The van der Waals surface area contributed by atoms with E-state index in [-0.39, 0.29) is 0 Å².